The molecule has 0 aliphatic rings. The van der Waals surface area contributed by atoms with Gasteiger partial charge >= 0.3 is 0 Å². The lowest BCUT2D eigenvalue weighted by atomic mass is 10.3. The molecule has 1 N–H and O–H groups in total. The minimum Gasteiger partial charge on any atom is -0.352 e. The molecule has 0 spiro atoms. The number of aryl methyl sites for hydroxylation is 2. The van der Waals surface area contributed by atoms with Crippen molar-refractivity contribution in [1.29, 1.82) is 0 Å². The predicted octanol–water partition coefficient (Wildman–Crippen LogP) is 1.59. The van der Waals surface area contributed by atoms with E-state index in [0.717, 1.165) is 22.6 Å². The number of alkyl halides is 1. The van der Waals surface area contributed by atoms with E-state index in [4.69, 9.17) is 11.6 Å². The maximum Gasteiger partial charge on any atom is 0.221 e. The third kappa shape index (κ3) is 2.61. The summed E-state index contributed by atoms with van der Waals surface area (Å²) < 4.78 is 1.77. The molecule has 18 heavy (non-hydrogen) atoms. The molecule has 5 nitrogen and oxygen atoms in total. The van der Waals surface area contributed by atoms with Crippen LogP contribution in [0, 0.1) is 13.8 Å². The van der Waals surface area contributed by atoms with Crippen LogP contribution in [0.15, 0.2) is 12.3 Å². The van der Waals surface area contributed by atoms with Crippen LogP contribution < -0.4 is 5.32 Å². The number of hydrogen-bond acceptors (Lipinski definition) is 3. The molecule has 2 aromatic heterocycles. The van der Waals surface area contributed by atoms with Gasteiger partial charge in [0.2, 0.25) is 5.91 Å². The van der Waals surface area contributed by atoms with Crippen molar-refractivity contribution in [2.24, 2.45) is 0 Å². The summed E-state index contributed by atoms with van der Waals surface area (Å²) in [5.74, 6) is 0.269. The molecule has 2 aromatic rings. The first-order valence-corrected chi connectivity index (χ1v) is 6.29. The van der Waals surface area contributed by atoms with Gasteiger partial charge in [0.05, 0.1) is 6.20 Å². The summed E-state index contributed by atoms with van der Waals surface area (Å²) >= 11 is 5.50. The summed E-state index contributed by atoms with van der Waals surface area (Å²) in [6.07, 6.45) is 2.06. The lowest BCUT2D eigenvalue weighted by Gasteiger charge is -2.04. The molecule has 0 radical (unpaired) electrons. The van der Waals surface area contributed by atoms with Gasteiger partial charge < -0.3 is 5.32 Å². The maximum absolute atomic E-state index is 11.4. The molecule has 0 saturated carbocycles. The van der Waals surface area contributed by atoms with E-state index >= 15 is 0 Å². The third-order valence-corrected chi connectivity index (χ3v) is 2.84. The van der Waals surface area contributed by atoms with E-state index in [1.165, 1.54) is 0 Å². The van der Waals surface area contributed by atoms with E-state index in [-0.39, 0.29) is 5.91 Å². The molecule has 2 heterocycles. The van der Waals surface area contributed by atoms with Crippen LogP contribution in [0.2, 0.25) is 0 Å². The van der Waals surface area contributed by atoms with Crippen molar-refractivity contribution in [2.45, 2.75) is 26.8 Å². The Balaban J connectivity index is 2.21. The number of hydrogen-bond donors (Lipinski definition) is 1. The summed E-state index contributed by atoms with van der Waals surface area (Å²) in [5, 5.41) is 7.06. The van der Waals surface area contributed by atoms with Gasteiger partial charge in [-0.25, -0.2) is 9.50 Å². The molecule has 0 bridgehead atoms. The van der Waals surface area contributed by atoms with E-state index in [2.05, 4.69) is 15.4 Å². The Morgan fingerprint density at radius 3 is 3.00 bits per heavy atom. The second-order valence-electron chi connectivity index (χ2n) is 4.16. The van der Waals surface area contributed by atoms with Crippen molar-refractivity contribution < 1.29 is 4.79 Å². The van der Waals surface area contributed by atoms with Crippen molar-refractivity contribution >= 4 is 23.2 Å². The van der Waals surface area contributed by atoms with Crippen LogP contribution in [-0.2, 0) is 11.3 Å². The summed E-state index contributed by atoms with van der Waals surface area (Å²) in [6.45, 7) is 4.34. The maximum atomic E-state index is 11.4. The van der Waals surface area contributed by atoms with Crippen LogP contribution in [0.4, 0.5) is 0 Å². The lowest BCUT2D eigenvalue weighted by Crippen LogP contribution is -2.22. The van der Waals surface area contributed by atoms with Gasteiger partial charge in [0.25, 0.3) is 0 Å². The van der Waals surface area contributed by atoms with Crippen LogP contribution in [0.1, 0.15) is 23.4 Å². The summed E-state index contributed by atoms with van der Waals surface area (Å²) in [4.78, 5) is 15.8. The van der Waals surface area contributed by atoms with Gasteiger partial charge in [0.15, 0.2) is 5.65 Å². The molecule has 2 rings (SSSR count). The van der Waals surface area contributed by atoms with Crippen LogP contribution in [-0.4, -0.2) is 26.4 Å². The van der Waals surface area contributed by atoms with Crippen molar-refractivity contribution in [3.63, 3.8) is 0 Å². The van der Waals surface area contributed by atoms with Crippen molar-refractivity contribution in [1.82, 2.24) is 19.9 Å². The SMILES string of the molecule is Cc1cc(C)n2ncc(CNC(=O)CCCl)c2n1. The normalized spacial score (nSPS) is 10.8. The molecular formula is C12H15ClN4O. The molecule has 0 aliphatic heterocycles. The molecule has 0 fully saturated rings. The summed E-state index contributed by atoms with van der Waals surface area (Å²) in [6, 6.07) is 1.97. The highest BCUT2D eigenvalue weighted by Gasteiger charge is 2.09. The topological polar surface area (TPSA) is 59.3 Å². The Labute approximate surface area is 110 Å². The number of fused-ring (bicyclic) bond motifs is 1. The molecule has 1 amide bonds. The Bertz CT molecular complexity index is 579. The van der Waals surface area contributed by atoms with E-state index in [0.29, 0.717) is 18.8 Å². The second kappa shape index (κ2) is 5.35. The molecule has 0 aliphatic carbocycles. The zero-order chi connectivity index (χ0) is 13.1. The van der Waals surface area contributed by atoms with Crippen molar-refractivity contribution in [3.8, 4) is 0 Å². The molecule has 0 unspecified atom stereocenters. The second-order valence-corrected chi connectivity index (χ2v) is 4.54. The number of carbonyl (C=O) groups excluding carboxylic acids is 1. The first-order chi connectivity index (χ1) is 8.61. The van der Waals surface area contributed by atoms with Gasteiger partial charge in [0, 0.05) is 35.8 Å². The molecule has 96 valence electrons. The van der Waals surface area contributed by atoms with Crippen molar-refractivity contribution in [3.05, 3.63) is 29.2 Å². The van der Waals surface area contributed by atoms with Gasteiger partial charge in [-0.1, -0.05) is 0 Å². The standard InChI is InChI=1S/C12H15ClN4O/c1-8-5-9(2)17-12(16-8)10(7-15-17)6-14-11(18)3-4-13/h5,7H,3-4,6H2,1-2H3,(H,14,18). The van der Waals surface area contributed by atoms with Crippen LogP contribution in [0.5, 0.6) is 0 Å². The number of halogens is 1. The fourth-order valence-corrected chi connectivity index (χ4v) is 1.98. The number of rotatable bonds is 4. The Kier molecular flexibility index (Phi) is 3.81. The number of aromatic nitrogens is 3. The predicted molar refractivity (Wildman–Crippen MR) is 69.6 cm³/mol. The third-order valence-electron chi connectivity index (χ3n) is 2.65. The van der Waals surface area contributed by atoms with E-state index < -0.39 is 0 Å². The Morgan fingerprint density at radius 2 is 2.28 bits per heavy atom. The number of nitrogens with one attached hydrogen (secondary N) is 1. The number of nitrogens with zero attached hydrogens (tertiary/aromatic N) is 3. The van der Waals surface area contributed by atoms with E-state index in [9.17, 15) is 4.79 Å². The lowest BCUT2D eigenvalue weighted by molar-refractivity contribution is -0.120. The first kappa shape index (κ1) is 12.8. The fraction of sp³-hybridized carbons (Fsp3) is 0.417. The largest absolute Gasteiger partial charge is 0.352 e. The van der Waals surface area contributed by atoms with Gasteiger partial charge in [-0.3, -0.25) is 4.79 Å². The van der Waals surface area contributed by atoms with Crippen LogP contribution in [0.25, 0.3) is 5.65 Å². The Morgan fingerprint density at radius 1 is 1.50 bits per heavy atom. The quantitative estimate of drug-likeness (QED) is 0.855. The van der Waals surface area contributed by atoms with Gasteiger partial charge in [-0.15, -0.1) is 11.6 Å². The molecule has 0 saturated heterocycles. The highest BCUT2D eigenvalue weighted by Crippen LogP contribution is 2.11. The van der Waals surface area contributed by atoms with Crippen LogP contribution in [0.3, 0.4) is 0 Å². The van der Waals surface area contributed by atoms with E-state index in [1.54, 1.807) is 10.7 Å². The monoisotopic (exact) mass is 266 g/mol. The highest BCUT2D eigenvalue weighted by molar-refractivity contribution is 6.18. The van der Waals surface area contributed by atoms with Gasteiger partial charge in [0.1, 0.15) is 0 Å². The number of carbonyl (C=O) groups is 1. The zero-order valence-electron chi connectivity index (χ0n) is 10.4. The number of amides is 1. The fourth-order valence-electron chi connectivity index (χ4n) is 1.81. The van der Waals surface area contributed by atoms with Crippen molar-refractivity contribution in [2.75, 3.05) is 5.88 Å². The average molecular weight is 267 g/mol. The zero-order valence-corrected chi connectivity index (χ0v) is 11.2. The molecule has 6 heteroatoms. The minimum atomic E-state index is -0.0614. The molecule has 0 atom stereocenters. The Hall–Kier alpha value is -1.62. The average Bonchev–Trinajstić information content (AvgIpc) is 2.70. The summed E-state index contributed by atoms with van der Waals surface area (Å²) in [5.41, 5.74) is 3.66. The van der Waals surface area contributed by atoms with Crippen LogP contribution >= 0.6 is 11.6 Å². The summed E-state index contributed by atoms with van der Waals surface area (Å²) in [7, 11) is 0. The highest BCUT2D eigenvalue weighted by atomic mass is 35.5. The van der Waals surface area contributed by atoms with Gasteiger partial charge in [-0.2, -0.15) is 5.10 Å². The molecular weight excluding hydrogens is 252 g/mol. The van der Waals surface area contributed by atoms with Gasteiger partial charge in [-0.05, 0) is 19.9 Å². The first-order valence-electron chi connectivity index (χ1n) is 5.75. The smallest absolute Gasteiger partial charge is 0.221 e. The minimum absolute atomic E-state index is 0.0614. The van der Waals surface area contributed by atoms with E-state index in [1.807, 2.05) is 19.9 Å². The molecule has 0 aromatic carbocycles.